The highest BCUT2D eigenvalue weighted by Gasteiger charge is 2.46. The third kappa shape index (κ3) is 30.6. The first-order chi connectivity index (χ1) is 31.3. The van der Waals surface area contributed by atoms with E-state index < -0.39 is 24.1 Å². The molecule has 0 aromatic heterocycles. The Labute approximate surface area is 393 Å². The summed E-state index contributed by atoms with van der Waals surface area (Å²) >= 11 is 0. The zero-order chi connectivity index (χ0) is 48.8. The van der Waals surface area contributed by atoms with Gasteiger partial charge in [0.15, 0.2) is 0 Å². The molecular weight excluding hydrogens is 835 g/mol. The minimum absolute atomic E-state index is 0.0254. The van der Waals surface area contributed by atoms with Crippen molar-refractivity contribution in [1.29, 1.82) is 0 Å². The molecule has 0 spiro atoms. The van der Waals surface area contributed by atoms with E-state index in [1.54, 1.807) is 0 Å². The number of carbonyl (C=O) groups excluding carboxylic acids is 6. The Morgan fingerprint density at radius 2 is 1.00 bits per heavy atom. The number of fused-ring (bicyclic) bond motifs is 2. The molecule has 2 bridgehead atoms. The second-order valence-corrected chi connectivity index (χ2v) is 18.8. The van der Waals surface area contributed by atoms with Gasteiger partial charge in [-0.2, -0.15) is 0 Å². The van der Waals surface area contributed by atoms with E-state index in [4.69, 9.17) is 33.2 Å². The highest BCUT2D eigenvalue weighted by molar-refractivity contribution is 5.72. The van der Waals surface area contributed by atoms with Crippen LogP contribution in [0.4, 0.5) is 4.79 Å². The first kappa shape index (κ1) is 61.7. The summed E-state index contributed by atoms with van der Waals surface area (Å²) in [6.45, 7) is 19.3. The summed E-state index contributed by atoms with van der Waals surface area (Å²) < 4.78 is 32.2. The molecule has 0 radical (unpaired) electrons. The monoisotopic (exact) mass is 928 g/mol. The maximum atomic E-state index is 13.3. The summed E-state index contributed by atoms with van der Waals surface area (Å²) in [7, 11) is 0. The zero-order valence-corrected chi connectivity index (χ0v) is 42.1. The fourth-order valence-corrected chi connectivity index (χ4v) is 9.15. The van der Waals surface area contributed by atoms with E-state index in [1.807, 2.05) is 6.79 Å². The van der Waals surface area contributed by atoms with Gasteiger partial charge in [-0.25, -0.2) is 4.79 Å². The number of nitrogens with zero attached hydrogens (tertiary/aromatic N) is 1. The SMILES string of the molecule is C=O.CCCCCCCOC(=O)CCCC.CCCCCCCOC(=O)CCCC(=O)OCC(CO)(COC(=O)CC12CC(C)CC(CC(C)C1)C2)COC(=O)OCCCN(CC)CC. The Bertz CT molecular complexity index is 1240. The molecule has 3 atom stereocenters. The normalized spacial score (nSPS) is 19.6. The molecule has 65 heavy (non-hydrogen) atoms. The average molecular weight is 928 g/mol. The van der Waals surface area contributed by atoms with Gasteiger partial charge in [-0.3, -0.25) is 19.2 Å². The average Bonchev–Trinajstić information content (AvgIpc) is 3.28. The maximum absolute atomic E-state index is 13.3. The lowest BCUT2D eigenvalue weighted by Crippen LogP contribution is -2.44. The molecule has 2 saturated carbocycles. The van der Waals surface area contributed by atoms with Crippen LogP contribution in [0.2, 0.25) is 0 Å². The van der Waals surface area contributed by atoms with Gasteiger partial charge in [-0.05, 0) is 100 Å². The lowest BCUT2D eigenvalue weighted by molar-refractivity contribution is -0.162. The molecule has 1 N–H and O–H groups in total. The molecule has 0 aromatic carbocycles. The maximum Gasteiger partial charge on any atom is 0.508 e. The summed E-state index contributed by atoms with van der Waals surface area (Å²) in [4.78, 5) is 71.7. The molecule has 0 amide bonds. The third-order valence-electron chi connectivity index (χ3n) is 12.4. The summed E-state index contributed by atoms with van der Waals surface area (Å²) in [5.41, 5.74) is -1.46. The van der Waals surface area contributed by atoms with Crippen LogP contribution in [0.25, 0.3) is 0 Å². The lowest BCUT2D eigenvalue weighted by atomic mass is 9.56. The Morgan fingerprint density at radius 1 is 0.554 bits per heavy atom. The molecule has 0 saturated heterocycles. The summed E-state index contributed by atoms with van der Waals surface area (Å²) in [6, 6.07) is 0. The second kappa shape index (κ2) is 38.8. The van der Waals surface area contributed by atoms with Gasteiger partial charge in [-0.15, -0.1) is 0 Å². The van der Waals surface area contributed by atoms with Crippen molar-refractivity contribution < 1.29 is 62.3 Å². The van der Waals surface area contributed by atoms with Crippen LogP contribution < -0.4 is 0 Å². The minimum atomic E-state index is -1.37. The first-order valence-electron chi connectivity index (χ1n) is 25.3. The molecule has 380 valence electrons. The van der Waals surface area contributed by atoms with Gasteiger partial charge in [0.25, 0.3) is 0 Å². The van der Waals surface area contributed by atoms with E-state index >= 15 is 0 Å². The van der Waals surface area contributed by atoms with Gasteiger partial charge in [0, 0.05) is 25.8 Å². The van der Waals surface area contributed by atoms with Gasteiger partial charge in [0.1, 0.15) is 26.6 Å². The molecule has 3 unspecified atom stereocenters. The van der Waals surface area contributed by atoms with Crippen LogP contribution in [0.5, 0.6) is 0 Å². The van der Waals surface area contributed by atoms with Crippen molar-refractivity contribution in [3.63, 3.8) is 0 Å². The van der Waals surface area contributed by atoms with Crippen molar-refractivity contribution in [1.82, 2.24) is 4.90 Å². The second-order valence-electron chi connectivity index (χ2n) is 18.8. The van der Waals surface area contributed by atoms with E-state index in [2.05, 4.69) is 53.4 Å². The lowest BCUT2D eigenvalue weighted by Gasteiger charge is -2.49. The van der Waals surface area contributed by atoms with Gasteiger partial charge in [0.05, 0.1) is 38.3 Å². The van der Waals surface area contributed by atoms with E-state index in [0.29, 0.717) is 50.2 Å². The third-order valence-corrected chi connectivity index (χ3v) is 12.4. The predicted molar refractivity (Wildman–Crippen MR) is 253 cm³/mol. The van der Waals surface area contributed by atoms with Crippen molar-refractivity contribution in [2.75, 3.05) is 65.9 Å². The number of unbranched alkanes of at least 4 members (excludes halogenated alkanes) is 9. The molecule has 14 nitrogen and oxygen atoms in total. The van der Waals surface area contributed by atoms with Crippen molar-refractivity contribution in [2.24, 2.45) is 28.6 Å². The molecule has 0 aromatic rings. The van der Waals surface area contributed by atoms with E-state index in [0.717, 1.165) is 83.8 Å². The van der Waals surface area contributed by atoms with Crippen LogP contribution in [0, 0.1) is 28.6 Å². The number of esters is 4. The van der Waals surface area contributed by atoms with Crippen LogP contribution >= 0.6 is 0 Å². The Hall–Kier alpha value is -3.26. The van der Waals surface area contributed by atoms with E-state index in [1.165, 1.54) is 44.9 Å². The van der Waals surface area contributed by atoms with Crippen LogP contribution in [0.15, 0.2) is 0 Å². The molecule has 2 aliphatic carbocycles. The van der Waals surface area contributed by atoms with Crippen LogP contribution in [-0.2, 0) is 52.4 Å². The molecule has 0 aliphatic heterocycles. The standard InChI is InChI=1S/C38H67NO10.C12H24O2.CH2O/c1-6-9-10-11-12-18-45-33(41)15-13-16-34(42)47-27-38(26-40,29-49-36(44)46-19-14-17-39(7-2)8-3)28-48-35(43)25-37-22-30(4)20-32(24-37)21-31(5)23-37;1-3-5-7-8-9-11-14-12(13)10-6-4-2;1-2/h30-32,40H,6-29H2,1-5H3;3-11H2,1-2H3;1H2. The molecular formula is C51H93NO13. The molecule has 2 rings (SSSR count). The molecule has 14 heteroatoms. The van der Waals surface area contributed by atoms with Crippen LogP contribution in [0.1, 0.15) is 196 Å². The number of carbonyl (C=O) groups is 6. The Morgan fingerprint density at radius 3 is 1.49 bits per heavy atom. The summed E-state index contributed by atoms with van der Waals surface area (Å²) in [5.74, 6) is 0.413. The summed E-state index contributed by atoms with van der Waals surface area (Å²) in [6.07, 6.45) is 19.7. The Kier molecular flexibility index (Phi) is 36.9. The quantitative estimate of drug-likeness (QED) is 0.0366. The van der Waals surface area contributed by atoms with Crippen molar-refractivity contribution in [2.45, 2.75) is 196 Å². The van der Waals surface area contributed by atoms with Gasteiger partial charge < -0.3 is 43.2 Å². The molecule has 2 aliphatic rings. The highest BCUT2D eigenvalue weighted by atomic mass is 16.7. The minimum Gasteiger partial charge on any atom is -0.466 e. The number of aliphatic hydroxyl groups is 1. The predicted octanol–water partition coefficient (Wildman–Crippen LogP) is 10.4. The topological polar surface area (TPSA) is 181 Å². The number of aliphatic hydroxyl groups excluding tert-OH is 1. The van der Waals surface area contributed by atoms with E-state index in [-0.39, 0.29) is 69.0 Å². The fraction of sp³-hybridized carbons (Fsp3) is 0.882. The van der Waals surface area contributed by atoms with Crippen molar-refractivity contribution in [3.05, 3.63) is 0 Å². The highest BCUT2D eigenvalue weighted by Crippen LogP contribution is 2.54. The molecule has 2 fully saturated rings. The summed E-state index contributed by atoms with van der Waals surface area (Å²) in [5, 5.41) is 10.5. The number of ether oxygens (including phenoxy) is 6. The fourth-order valence-electron chi connectivity index (χ4n) is 9.15. The van der Waals surface area contributed by atoms with Crippen molar-refractivity contribution >= 4 is 36.8 Å². The number of hydrogen-bond acceptors (Lipinski definition) is 14. The van der Waals surface area contributed by atoms with Crippen LogP contribution in [-0.4, -0.2) is 113 Å². The van der Waals surface area contributed by atoms with Gasteiger partial charge in [-0.1, -0.05) is 106 Å². The first-order valence-corrected chi connectivity index (χ1v) is 25.3. The molecule has 0 heterocycles. The number of hydrogen-bond donors (Lipinski definition) is 1. The smallest absolute Gasteiger partial charge is 0.466 e. The van der Waals surface area contributed by atoms with Crippen LogP contribution in [0.3, 0.4) is 0 Å². The van der Waals surface area contributed by atoms with Crippen molar-refractivity contribution in [3.8, 4) is 0 Å². The van der Waals surface area contributed by atoms with E-state index in [9.17, 15) is 29.1 Å². The zero-order valence-electron chi connectivity index (χ0n) is 42.1. The number of rotatable bonds is 34. The van der Waals surface area contributed by atoms with Gasteiger partial charge >= 0.3 is 30.0 Å². The Balaban J connectivity index is 0.00000217. The largest absolute Gasteiger partial charge is 0.508 e. The van der Waals surface area contributed by atoms with Gasteiger partial charge in [0.2, 0.25) is 0 Å².